The van der Waals surface area contributed by atoms with Gasteiger partial charge in [0.1, 0.15) is 0 Å². The topological polar surface area (TPSA) is 78.4 Å². The maximum atomic E-state index is 14.2. The molecule has 3 N–H and O–H groups in total. The molecule has 0 unspecified atom stereocenters. The summed E-state index contributed by atoms with van der Waals surface area (Å²) in [4.78, 5) is 28.8. The fraction of sp³-hybridized carbons (Fsp3) is 0.500. The van der Waals surface area contributed by atoms with Crippen molar-refractivity contribution in [1.29, 1.82) is 0 Å². The summed E-state index contributed by atoms with van der Waals surface area (Å²) >= 11 is 14.0. The molecule has 1 amide bonds. The number of halogens is 2. The zero-order valence-corrected chi connectivity index (χ0v) is 23.2. The first-order valence-corrected chi connectivity index (χ1v) is 13.9. The van der Waals surface area contributed by atoms with E-state index in [0.29, 0.717) is 29.3 Å². The van der Waals surface area contributed by atoms with Gasteiger partial charge in [-0.1, -0.05) is 73.9 Å². The average Bonchev–Trinajstić information content (AvgIpc) is 3.21. The molecule has 2 aliphatic heterocycles. The van der Waals surface area contributed by atoms with Crippen molar-refractivity contribution in [2.45, 2.75) is 86.9 Å². The second kappa shape index (κ2) is 9.02. The van der Waals surface area contributed by atoms with Gasteiger partial charge in [-0.2, -0.15) is 0 Å². The third-order valence-electron chi connectivity index (χ3n) is 7.71. The highest BCUT2D eigenvalue weighted by molar-refractivity contribution is 8.14. The summed E-state index contributed by atoms with van der Waals surface area (Å²) in [6.45, 7) is 8.23. The molecule has 5 nitrogen and oxygen atoms in total. The minimum atomic E-state index is -0.963. The largest absolute Gasteiger partial charge is 0.390 e. The van der Waals surface area contributed by atoms with Crippen LogP contribution in [0.1, 0.15) is 64.0 Å². The van der Waals surface area contributed by atoms with Gasteiger partial charge in [0.05, 0.1) is 17.1 Å². The minimum Gasteiger partial charge on any atom is -0.390 e. The Bertz CT molecular complexity index is 1220. The lowest BCUT2D eigenvalue weighted by atomic mass is 9.63. The van der Waals surface area contributed by atoms with Crippen LogP contribution in [0.15, 0.2) is 47.4 Å². The first-order chi connectivity index (χ1) is 16.8. The van der Waals surface area contributed by atoms with Gasteiger partial charge in [0.15, 0.2) is 0 Å². The highest BCUT2D eigenvalue weighted by atomic mass is 35.5. The molecule has 2 aromatic rings. The van der Waals surface area contributed by atoms with Crippen LogP contribution >= 0.6 is 35.0 Å². The second-order valence-electron chi connectivity index (χ2n) is 12.0. The Morgan fingerprint density at radius 3 is 2.50 bits per heavy atom. The normalized spacial score (nSPS) is 33.5. The lowest BCUT2D eigenvalue weighted by Gasteiger charge is -2.42. The Kier molecular flexibility index (Phi) is 6.53. The van der Waals surface area contributed by atoms with E-state index in [-0.39, 0.29) is 28.5 Å². The highest BCUT2D eigenvalue weighted by Gasteiger charge is 2.65. The van der Waals surface area contributed by atoms with Crippen molar-refractivity contribution in [2.75, 3.05) is 0 Å². The molecule has 1 aliphatic carbocycles. The number of carbonyl (C=O) groups excluding carboxylic acids is 2. The lowest BCUT2D eigenvalue weighted by molar-refractivity contribution is -0.127. The third-order valence-corrected chi connectivity index (χ3v) is 9.26. The van der Waals surface area contributed by atoms with Crippen LogP contribution < -0.4 is 10.6 Å². The van der Waals surface area contributed by atoms with Gasteiger partial charge in [-0.05, 0) is 67.0 Å². The number of hydrogen-bond acceptors (Lipinski definition) is 5. The Hall–Kier alpha value is -1.57. The second-order valence-corrected chi connectivity index (χ2v) is 13.9. The maximum Gasteiger partial charge on any atom is 0.238 e. The number of carbonyl (C=O) groups is 2. The molecule has 1 saturated carbocycles. The number of amides is 1. The van der Waals surface area contributed by atoms with Crippen LogP contribution in [0.2, 0.25) is 10.0 Å². The first-order valence-electron chi connectivity index (χ1n) is 12.4. The number of thioether (sulfide) groups is 1. The standard InChI is InChI=1S/C28H32Cl2N2O3S/c1-26(2,3)14-21-28(19-9-8-17(30)11-20(19)36-25(28)34)22(15-6-5-7-16(29)10-15)23(32-21)24(33)31-18-12-27(4,35)13-18/h5-11,18,21-23,32,35H,12-14H2,1-4H3,(H,31,33)/t18?,21-,22+,23-,27?,28+/m1/s1. The summed E-state index contributed by atoms with van der Waals surface area (Å²) in [5.74, 6) is -0.622. The predicted molar refractivity (Wildman–Crippen MR) is 145 cm³/mol. The molecular weight excluding hydrogens is 515 g/mol. The molecule has 3 aliphatic rings. The number of rotatable bonds is 4. The van der Waals surface area contributed by atoms with E-state index in [1.54, 1.807) is 13.0 Å². The van der Waals surface area contributed by atoms with E-state index in [2.05, 4.69) is 31.4 Å². The smallest absolute Gasteiger partial charge is 0.238 e. The quantitative estimate of drug-likeness (QED) is 0.475. The zero-order valence-electron chi connectivity index (χ0n) is 20.9. The molecule has 1 saturated heterocycles. The summed E-state index contributed by atoms with van der Waals surface area (Å²) in [6.07, 6.45) is 1.72. The van der Waals surface area contributed by atoms with Crippen LogP contribution in [0.5, 0.6) is 0 Å². The highest BCUT2D eigenvalue weighted by Crippen LogP contribution is 2.60. The fourth-order valence-electron chi connectivity index (χ4n) is 6.37. The molecule has 36 heavy (non-hydrogen) atoms. The molecule has 8 heteroatoms. The van der Waals surface area contributed by atoms with Crippen molar-refractivity contribution in [3.63, 3.8) is 0 Å². The van der Waals surface area contributed by atoms with Crippen LogP contribution in [0, 0.1) is 5.41 Å². The van der Waals surface area contributed by atoms with E-state index in [9.17, 15) is 14.7 Å². The molecule has 0 bridgehead atoms. The summed E-state index contributed by atoms with van der Waals surface area (Å²) in [5, 5.41) is 18.1. The van der Waals surface area contributed by atoms with Crippen molar-refractivity contribution in [2.24, 2.45) is 5.41 Å². The molecule has 192 valence electrons. The summed E-state index contributed by atoms with van der Waals surface area (Å²) < 4.78 is 0. The van der Waals surface area contributed by atoms with Gasteiger partial charge in [-0.3, -0.25) is 9.59 Å². The SMILES string of the molecule is CC(C)(C)C[C@H]1N[C@@H](C(=O)NC2CC(C)(O)C2)[C@H](c2cccc(Cl)c2)[C@@]12C(=O)Sc1cc(Cl)ccc12. The monoisotopic (exact) mass is 546 g/mol. The van der Waals surface area contributed by atoms with Crippen LogP contribution in [0.25, 0.3) is 0 Å². The van der Waals surface area contributed by atoms with Crippen LogP contribution in [-0.4, -0.2) is 39.9 Å². The Balaban J connectivity index is 1.66. The average molecular weight is 548 g/mol. The van der Waals surface area contributed by atoms with E-state index in [4.69, 9.17) is 23.2 Å². The van der Waals surface area contributed by atoms with E-state index in [1.165, 1.54) is 11.8 Å². The number of nitrogens with one attached hydrogen (secondary N) is 2. The number of benzene rings is 2. The molecule has 2 fully saturated rings. The van der Waals surface area contributed by atoms with E-state index in [1.807, 2.05) is 36.4 Å². The van der Waals surface area contributed by atoms with Gasteiger partial charge in [0.2, 0.25) is 11.0 Å². The van der Waals surface area contributed by atoms with Crippen molar-refractivity contribution < 1.29 is 14.7 Å². The van der Waals surface area contributed by atoms with E-state index < -0.39 is 23.0 Å². The van der Waals surface area contributed by atoms with Gasteiger partial charge in [0.25, 0.3) is 0 Å². The third kappa shape index (κ3) is 4.49. The number of fused-ring (bicyclic) bond motifs is 2. The van der Waals surface area contributed by atoms with Gasteiger partial charge in [-0.25, -0.2) is 0 Å². The van der Waals surface area contributed by atoms with Crippen molar-refractivity contribution in [1.82, 2.24) is 10.6 Å². The van der Waals surface area contributed by atoms with Gasteiger partial charge >= 0.3 is 0 Å². The predicted octanol–water partition coefficient (Wildman–Crippen LogP) is 5.45. The van der Waals surface area contributed by atoms with Crippen LogP contribution in [0.3, 0.4) is 0 Å². The van der Waals surface area contributed by atoms with Gasteiger partial charge in [0, 0.05) is 32.9 Å². The number of hydrogen-bond donors (Lipinski definition) is 3. The van der Waals surface area contributed by atoms with Gasteiger partial charge < -0.3 is 15.7 Å². The molecular formula is C28H32Cl2N2O3S. The number of aliphatic hydroxyl groups is 1. The molecule has 1 spiro atoms. The summed E-state index contributed by atoms with van der Waals surface area (Å²) in [5.41, 5.74) is -0.0451. The summed E-state index contributed by atoms with van der Waals surface area (Å²) in [6, 6.07) is 12.1. The molecule has 4 atom stereocenters. The summed E-state index contributed by atoms with van der Waals surface area (Å²) in [7, 11) is 0. The van der Waals surface area contributed by atoms with Crippen LogP contribution in [-0.2, 0) is 15.0 Å². The molecule has 0 aromatic heterocycles. The first kappa shape index (κ1) is 26.1. The Morgan fingerprint density at radius 1 is 1.17 bits per heavy atom. The van der Waals surface area contributed by atoms with Gasteiger partial charge in [-0.15, -0.1) is 0 Å². The Labute approximate surface area is 226 Å². The minimum absolute atomic E-state index is 0.0216. The van der Waals surface area contributed by atoms with E-state index >= 15 is 0 Å². The molecule has 0 radical (unpaired) electrons. The van der Waals surface area contributed by atoms with Crippen LogP contribution in [0.4, 0.5) is 0 Å². The van der Waals surface area contributed by atoms with Crippen molar-refractivity contribution in [3.05, 3.63) is 63.6 Å². The van der Waals surface area contributed by atoms with Crippen molar-refractivity contribution >= 4 is 46.0 Å². The Morgan fingerprint density at radius 2 is 1.86 bits per heavy atom. The lowest BCUT2D eigenvalue weighted by Crippen LogP contribution is -2.57. The van der Waals surface area contributed by atoms with Crippen molar-refractivity contribution in [3.8, 4) is 0 Å². The van der Waals surface area contributed by atoms with E-state index in [0.717, 1.165) is 16.0 Å². The molecule has 5 rings (SSSR count). The molecule has 2 aromatic carbocycles. The molecule has 2 heterocycles. The zero-order chi connectivity index (χ0) is 26.0. The maximum absolute atomic E-state index is 14.2. The fourth-order valence-corrected chi connectivity index (χ4v) is 8.09.